The molecule has 0 aliphatic carbocycles. The maximum absolute atomic E-state index is 4.55. The Hall–Kier alpha value is -1.04. The van der Waals surface area contributed by atoms with E-state index < -0.39 is 0 Å². The molecule has 1 heterocycles. The number of aromatic nitrogens is 1. The van der Waals surface area contributed by atoms with Crippen molar-refractivity contribution in [2.24, 2.45) is 0 Å². The second-order valence-electron chi connectivity index (χ2n) is 4.35. The molecule has 0 unspecified atom stereocenters. The number of thioether (sulfide) groups is 1. The molecule has 0 fully saturated rings. The van der Waals surface area contributed by atoms with E-state index in [1.807, 2.05) is 0 Å². The fraction of sp³-hybridized carbons (Fsp3) is 0.133. The highest BCUT2D eigenvalue weighted by Crippen LogP contribution is 2.30. The van der Waals surface area contributed by atoms with E-state index in [9.17, 15) is 0 Å². The molecule has 0 saturated heterocycles. The molecule has 1 aromatic heterocycles. The Morgan fingerprint density at radius 2 is 2.00 bits per heavy atom. The third-order valence-corrected chi connectivity index (χ3v) is 5.49. The first-order valence-corrected chi connectivity index (χ1v) is 9.01. The normalized spacial score (nSPS) is 10.9. The van der Waals surface area contributed by atoms with E-state index in [4.69, 9.17) is 0 Å². The molecule has 1 N–H and O–H groups in total. The van der Waals surface area contributed by atoms with Gasteiger partial charge in [-0.25, -0.2) is 4.98 Å². The van der Waals surface area contributed by atoms with Crippen molar-refractivity contribution in [2.75, 3.05) is 11.6 Å². The van der Waals surface area contributed by atoms with Crippen LogP contribution in [0.15, 0.2) is 51.3 Å². The van der Waals surface area contributed by atoms with Gasteiger partial charge in [-0.3, -0.25) is 0 Å². The molecule has 20 heavy (non-hydrogen) atoms. The van der Waals surface area contributed by atoms with Crippen LogP contribution in [0.5, 0.6) is 0 Å². The van der Waals surface area contributed by atoms with Gasteiger partial charge in [0.1, 0.15) is 0 Å². The second-order valence-corrected chi connectivity index (χ2v) is 7.35. The van der Waals surface area contributed by atoms with Crippen molar-refractivity contribution in [3.05, 3.63) is 52.5 Å². The summed E-state index contributed by atoms with van der Waals surface area (Å²) in [5.41, 5.74) is 3.48. The van der Waals surface area contributed by atoms with Crippen LogP contribution < -0.4 is 5.32 Å². The van der Waals surface area contributed by atoms with Gasteiger partial charge in [-0.1, -0.05) is 39.8 Å². The van der Waals surface area contributed by atoms with Crippen molar-refractivity contribution in [3.8, 4) is 0 Å². The molecule has 102 valence electrons. The number of benzene rings is 2. The number of nitrogens with zero attached hydrogens (tertiary/aromatic N) is 1. The minimum Gasteiger partial charge on any atom is -0.381 e. The SMILES string of the molecule is CSc1nc2ccc(NCc3ccc(Br)cc3)cc2s1. The van der Waals surface area contributed by atoms with E-state index in [2.05, 4.69) is 75.0 Å². The molecule has 0 spiro atoms. The molecule has 3 aromatic rings. The van der Waals surface area contributed by atoms with Gasteiger partial charge >= 0.3 is 0 Å². The standard InChI is InChI=1S/C15H13BrN2S2/c1-19-15-18-13-7-6-12(8-14(13)20-15)17-9-10-2-4-11(16)5-3-10/h2-8,17H,9H2,1H3. The van der Waals surface area contributed by atoms with E-state index in [1.165, 1.54) is 10.3 Å². The largest absolute Gasteiger partial charge is 0.381 e. The number of anilines is 1. The lowest BCUT2D eigenvalue weighted by Crippen LogP contribution is -1.98. The summed E-state index contributed by atoms with van der Waals surface area (Å²) >= 11 is 6.88. The molecule has 2 nitrogen and oxygen atoms in total. The summed E-state index contributed by atoms with van der Waals surface area (Å²) in [5, 5.41) is 3.46. The molecular formula is C15H13BrN2S2. The zero-order chi connectivity index (χ0) is 13.9. The predicted octanol–water partition coefficient (Wildman–Crippen LogP) is 5.39. The van der Waals surface area contributed by atoms with Gasteiger partial charge in [-0.15, -0.1) is 11.3 Å². The van der Waals surface area contributed by atoms with E-state index in [0.717, 1.165) is 26.6 Å². The van der Waals surface area contributed by atoms with Crippen LogP contribution in [-0.2, 0) is 6.54 Å². The van der Waals surface area contributed by atoms with E-state index in [-0.39, 0.29) is 0 Å². The van der Waals surface area contributed by atoms with Crippen molar-refractivity contribution in [3.63, 3.8) is 0 Å². The Balaban J connectivity index is 1.75. The zero-order valence-corrected chi connectivity index (χ0v) is 14.1. The number of hydrogen-bond acceptors (Lipinski definition) is 4. The smallest absolute Gasteiger partial charge is 0.150 e. The van der Waals surface area contributed by atoms with Crippen LogP contribution in [-0.4, -0.2) is 11.2 Å². The van der Waals surface area contributed by atoms with Gasteiger partial charge in [0, 0.05) is 16.7 Å². The summed E-state index contributed by atoms with van der Waals surface area (Å²) in [4.78, 5) is 4.55. The third kappa shape index (κ3) is 3.16. The van der Waals surface area contributed by atoms with Crippen molar-refractivity contribution in [1.29, 1.82) is 0 Å². The monoisotopic (exact) mass is 364 g/mol. The van der Waals surface area contributed by atoms with Crippen molar-refractivity contribution >= 4 is 54.9 Å². The number of thiazole rings is 1. The lowest BCUT2D eigenvalue weighted by Gasteiger charge is -2.06. The average molecular weight is 365 g/mol. The predicted molar refractivity (Wildman–Crippen MR) is 92.9 cm³/mol. The molecular weight excluding hydrogens is 352 g/mol. The topological polar surface area (TPSA) is 24.9 Å². The van der Waals surface area contributed by atoms with Gasteiger partial charge in [-0.2, -0.15) is 0 Å². The fourth-order valence-corrected chi connectivity index (χ4v) is 3.70. The molecule has 0 aliphatic heterocycles. The van der Waals surface area contributed by atoms with E-state index in [1.54, 1.807) is 23.1 Å². The lowest BCUT2D eigenvalue weighted by atomic mass is 10.2. The molecule has 0 radical (unpaired) electrons. The maximum Gasteiger partial charge on any atom is 0.150 e. The fourth-order valence-electron chi connectivity index (χ4n) is 1.91. The van der Waals surface area contributed by atoms with Crippen molar-refractivity contribution in [2.45, 2.75) is 10.9 Å². The Morgan fingerprint density at radius 1 is 1.20 bits per heavy atom. The highest BCUT2D eigenvalue weighted by molar-refractivity contribution is 9.10. The second kappa shape index (κ2) is 6.16. The molecule has 0 bridgehead atoms. The van der Waals surface area contributed by atoms with Crippen LogP contribution in [0.1, 0.15) is 5.56 Å². The molecule has 0 saturated carbocycles. The first-order chi connectivity index (χ1) is 9.74. The zero-order valence-electron chi connectivity index (χ0n) is 10.9. The molecule has 2 aromatic carbocycles. The molecule has 0 amide bonds. The summed E-state index contributed by atoms with van der Waals surface area (Å²) < 4.78 is 3.46. The van der Waals surface area contributed by atoms with E-state index in [0.29, 0.717) is 0 Å². The van der Waals surface area contributed by atoms with Crippen LogP contribution in [0.4, 0.5) is 5.69 Å². The summed E-state index contributed by atoms with van der Waals surface area (Å²) in [6, 6.07) is 14.7. The van der Waals surface area contributed by atoms with Gasteiger partial charge in [0.05, 0.1) is 10.2 Å². The van der Waals surface area contributed by atoms with Gasteiger partial charge < -0.3 is 5.32 Å². The first kappa shape index (κ1) is 13.9. The first-order valence-electron chi connectivity index (χ1n) is 6.17. The van der Waals surface area contributed by atoms with Crippen molar-refractivity contribution in [1.82, 2.24) is 4.98 Å². The molecule has 0 atom stereocenters. The minimum atomic E-state index is 0.826. The third-order valence-electron chi connectivity index (χ3n) is 2.95. The highest BCUT2D eigenvalue weighted by Gasteiger charge is 2.03. The van der Waals surface area contributed by atoms with Gasteiger partial charge in [0.2, 0.25) is 0 Å². The number of fused-ring (bicyclic) bond motifs is 1. The molecule has 0 aliphatic rings. The lowest BCUT2D eigenvalue weighted by molar-refractivity contribution is 1.15. The molecule has 3 rings (SSSR count). The van der Waals surface area contributed by atoms with Crippen molar-refractivity contribution < 1.29 is 0 Å². The summed E-state index contributed by atoms with van der Waals surface area (Å²) in [7, 11) is 0. The Kier molecular flexibility index (Phi) is 4.29. The van der Waals surface area contributed by atoms with Crippen LogP contribution in [0.2, 0.25) is 0 Å². The number of nitrogens with one attached hydrogen (secondary N) is 1. The maximum atomic E-state index is 4.55. The van der Waals surface area contributed by atoms with E-state index >= 15 is 0 Å². The Labute approximate surface area is 134 Å². The van der Waals surface area contributed by atoms with Crippen LogP contribution >= 0.6 is 39.0 Å². The Morgan fingerprint density at radius 3 is 2.75 bits per heavy atom. The van der Waals surface area contributed by atoms with Crippen LogP contribution in [0.25, 0.3) is 10.2 Å². The highest BCUT2D eigenvalue weighted by atomic mass is 79.9. The minimum absolute atomic E-state index is 0.826. The van der Waals surface area contributed by atoms with Gasteiger partial charge in [-0.05, 0) is 42.2 Å². The number of hydrogen-bond donors (Lipinski definition) is 1. The molecule has 5 heteroatoms. The summed E-state index contributed by atoms with van der Waals surface area (Å²) in [6.07, 6.45) is 2.06. The Bertz CT molecular complexity index is 722. The number of rotatable bonds is 4. The van der Waals surface area contributed by atoms with Crippen LogP contribution in [0, 0.1) is 0 Å². The number of halogens is 1. The average Bonchev–Trinajstić information content (AvgIpc) is 2.89. The van der Waals surface area contributed by atoms with Gasteiger partial charge in [0.15, 0.2) is 4.34 Å². The van der Waals surface area contributed by atoms with Gasteiger partial charge in [0.25, 0.3) is 0 Å². The summed E-state index contributed by atoms with van der Waals surface area (Å²) in [6.45, 7) is 0.826. The quantitative estimate of drug-likeness (QED) is 0.627. The van der Waals surface area contributed by atoms with Crippen LogP contribution in [0.3, 0.4) is 0 Å². The summed E-state index contributed by atoms with van der Waals surface area (Å²) in [5.74, 6) is 0.